The predicted molar refractivity (Wildman–Crippen MR) is 121 cm³/mol. The summed E-state index contributed by atoms with van der Waals surface area (Å²) in [6.07, 6.45) is 0.816. The fourth-order valence-corrected chi connectivity index (χ4v) is 4.85. The van der Waals surface area contributed by atoms with Crippen LogP contribution in [0.15, 0.2) is 41.6 Å². The van der Waals surface area contributed by atoms with Gasteiger partial charge in [0.2, 0.25) is 5.95 Å². The van der Waals surface area contributed by atoms with Gasteiger partial charge in [0.05, 0.1) is 37.1 Å². The van der Waals surface area contributed by atoms with Gasteiger partial charge in [0.25, 0.3) is 0 Å². The smallest absolute Gasteiger partial charge is 0.232 e. The number of thioether (sulfide) groups is 1. The van der Waals surface area contributed by atoms with Crippen molar-refractivity contribution in [3.8, 4) is 17.2 Å². The molecule has 168 valence electrons. The molecule has 5 rings (SSSR count). The quantitative estimate of drug-likeness (QED) is 0.507. The lowest BCUT2D eigenvalue weighted by Crippen LogP contribution is -2.37. The van der Waals surface area contributed by atoms with Gasteiger partial charge in [0.1, 0.15) is 5.82 Å². The first-order valence-corrected chi connectivity index (χ1v) is 11.8. The number of anilines is 1. The Balaban J connectivity index is 1.44. The molecule has 2 aromatic carbocycles. The predicted octanol–water partition coefficient (Wildman–Crippen LogP) is 4.35. The molecule has 0 aliphatic carbocycles. The maximum atomic E-state index is 14.0. The summed E-state index contributed by atoms with van der Waals surface area (Å²) in [5.74, 6) is 2.21. The Morgan fingerprint density at radius 3 is 2.72 bits per heavy atom. The zero-order valence-corrected chi connectivity index (χ0v) is 18.9. The maximum Gasteiger partial charge on any atom is 0.232 e. The molecular weight excluding hydrogens is 455 g/mol. The molecule has 1 fully saturated rings. The summed E-state index contributed by atoms with van der Waals surface area (Å²) < 4.78 is 32.9. The largest absolute Gasteiger partial charge is 0.489 e. The third kappa shape index (κ3) is 4.51. The molecule has 0 bridgehead atoms. The normalized spacial score (nSPS) is 16.1. The molecular formula is C22H22ClFN4O3S. The van der Waals surface area contributed by atoms with Gasteiger partial charge in [-0.15, -0.1) is 10.2 Å². The Kier molecular flexibility index (Phi) is 6.38. The number of fused-ring (bicyclic) bond motifs is 1. The van der Waals surface area contributed by atoms with Gasteiger partial charge in [-0.25, -0.2) is 4.39 Å². The molecule has 10 heteroatoms. The van der Waals surface area contributed by atoms with Crippen LogP contribution in [-0.4, -0.2) is 54.3 Å². The van der Waals surface area contributed by atoms with Crippen molar-refractivity contribution in [2.24, 2.45) is 0 Å². The lowest BCUT2D eigenvalue weighted by atomic mass is 10.2. The highest BCUT2D eigenvalue weighted by Crippen LogP contribution is 2.39. The third-order valence-electron chi connectivity index (χ3n) is 5.21. The highest BCUT2D eigenvalue weighted by molar-refractivity contribution is 7.98. The first-order valence-electron chi connectivity index (χ1n) is 10.4. The van der Waals surface area contributed by atoms with Gasteiger partial charge in [-0.2, -0.15) is 0 Å². The second kappa shape index (κ2) is 9.56. The molecule has 7 nitrogen and oxygen atoms in total. The van der Waals surface area contributed by atoms with Crippen molar-refractivity contribution in [3.05, 3.63) is 52.8 Å². The van der Waals surface area contributed by atoms with Gasteiger partial charge < -0.3 is 19.1 Å². The van der Waals surface area contributed by atoms with E-state index in [1.807, 2.05) is 22.8 Å². The van der Waals surface area contributed by atoms with Crippen LogP contribution in [0.2, 0.25) is 5.02 Å². The number of rotatable bonds is 5. The van der Waals surface area contributed by atoms with Gasteiger partial charge in [0.15, 0.2) is 16.7 Å². The Morgan fingerprint density at radius 1 is 1.03 bits per heavy atom. The molecule has 1 saturated heterocycles. The molecule has 0 radical (unpaired) electrons. The molecule has 3 aromatic rings. The molecule has 1 aromatic heterocycles. The van der Waals surface area contributed by atoms with Gasteiger partial charge in [-0.3, -0.25) is 4.57 Å². The summed E-state index contributed by atoms with van der Waals surface area (Å²) in [6, 6.07) is 10.3. The highest BCUT2D eigenvalue weighted by atomic mass is 35.5. The summed E-state index contributed by atoms with van der Waals surface area (Å²) in [5.41, 5.74) is 1.65. The standard InChI is InChI=1S/C22H22ClFN4O3S/c23-18-11-15(12-19-20(18)31-8-2-7-30-19)14-32-22-26-25-21(27-5-9-29-10-6-27)28(22)17-4-1-3-16(24)13-17/h1,3-4,11-13H,2,5-10,14H2. The molecule has 0 atom stereocenters. The van der Waals surface area contributed by atoms with Crippen molar-refractivity contribution in [3.63, 3.8) is 0 Å². The zero-order chi connectivity index (χ0) is 21.9. The number of halogens is 2. The molecule has 0 unspecified atom stereocenters. The van der Waals surface area contributed by atoms with Crippen molar-refractivity contribution < 1.29 is 18.6 Å². The van der Waals surface area contributed by atoms with E-state index in [9.17, 15) is 4.39 Å². The van der Waals surface area contributed by atoms with Crippen LogP contribution in [0.1, 0.15) is 12.0 Å². The summed E-state index contributed by atoms with van der Waals surface area (Å²) in [7, 11) is 0. The minimum Gasteiger partial charge on any atom is -0.489 e. The van der Waals surface area contributed by atoms with E-state index in [-0.39, 0.29) is 5.82 Å². The van der Waals surface area contributed by atoms with E-state index in [1.54, 1.807) is 6.07 Å². The van der Waals surface area contributed by atoms with E-state index in [1.165, 1.54) is 23.9 Å². The van der Waals surface area contributed by atoms with Crippen LogP contribution in [-0.2, 0) is 10.5 Å². The Bertz CT molecular complexity index is 1110. The lowest BCUT2D eigenvalue weighted by molar-refractivity contribution is 0.122. The van der Waals surface area contributed by atoms with Crippen molar-refractivity contribution in [2.75, 3.05) is 44.4 Å². The molecule has 2 aliphatic heterocycles. The summed E-state index contributed by atoms with van der Waals surface area (Å²) in [4.78, 5) is 2.11. The van der Waals surface area contributed by atoms with Crippen LogP contribution < -0.4 is 14.4 Å². The monoisotopic (exact) mass is 476 g/mol. The Hall–Kier alpha value is -2.49. The van der Waals surface area contributed by atoms with E-state index >= 15 is 0 Å². The summed E-state index contributed by atoms with van der Waals surface area (Å²) in [5, 5.41) is 10.0. The Labute approximate surface area is 194 Å². The zero-order valence-electron chi connectivity index (χ0n) is 17.3. The molecule has 32 heavy (non-hydrogen) atoms. The molecule has 2 aliphatic rings. The second-order valence-electron chi connectivity index (χ2n) is 7.44. The number of hydrogen-bond acceptors (Lipinski definition) is 7. The highest BCUT2D eigenvalue weighted by Gasteiger charge is 2.23. The average Bonchev–Trinajstić information content (AvgIpc) is 3.08. The molecule has 0 spiro atoms. The number of morpholine rings is 1. The van der Waals surface area contributed by atoms with Crippen molar-refractivity contribution in [2.45, 2.75) is 17.3 Å². The fraction of sp³-hybridized carbons (Fsp3) is 0.364. The first kappa shape index (κ1) is 21.4. The minimum absolute atomic E-state index is 0.310. The van der Waals surface area contributed by atoms with Crippen molar-refractivity contribution >= 4 is 29.3 Å². The van der Waals surface area contributed by atoms with E-state index < -0.39 is 0 Å². The third-order valence-corrected chi connectivity index (χ3v) is 6.49. The van der Waals surface area contributed by atoms with Crippen LogP contribution in [0.3, 0.4) is 0 Å². The molecule has 0 N–H and O–H groups in total. The number of hydrogen-bond donors (Lipinski definition) is 0. The minimum atomic E-state index is -0.310. The Morgan fingerprint density at radius 2 is 1.88 bits per heavy atom. The van der Waals surface area contributed by atoms with E-state index in [0.717, 1.165) is 12.0 Å². The molecule has 3 heterocycles. The van der Waals surface area contributed by atoms with Gasteiger partial charge in [-0.05, 0) is 35.9 Å². The lowest BCUT2D eigenvalue weighted by Gasteiger charge is -2.27. The van der Waals surface area contributed by atoms with Gasteiger partial charge in [0, 0.05) is 25.3 Å². The number of aromatic nitrogens is 3. The van der Waals surface area contributed by atoms with Crippen LogP contribution in [0.4, 0.5) is 10.3 Å². The van der Waals surface area contributed by atoms with Crippen molar-refractivity contribution in [1.82, 2.24) is 14.8 Å². The number of nitrogens with zero attached hydrogens (tertiary/aromatic N) is 4. The SMILES string of the molecule is Fc1cccc(-n2c(SCc3cc(Cl)c4c(c3)OCCCO4)nnc2N2CCOCC2)c1. The van der Waals surface area contributed by atoms with E-state index in [4.69, 9.17) is 25.8 Å². The van der Waals surface area contributed by atoms with E-state index in [0.29, 0.717) is 78.6 Å². The molecule has 0 amide bonds. The summed E-state index contributed by atoms with van der Waals surface area (Å²) >= 11 is 7.95. The maximum absolute atomic E-state index is 14.0. The first-order chi connectivity index (χ1) is 15.7. The van der Waals surface area contributed by atoms with Crippen LogP contribution in [0.5, 0.6) is 11.5 Å². The van der Waals surface area contributed by atoms with Crippen LogP contribution in [0, 0.1) is 5.82 Å². The average molecular weight is 477 g/mol. The van der Waals surface area contributed by atoms with E-state index in [2.05, 4.69) is 15.1 Å². The summed E-state index contributed by atoms with van der Waals surface area (Å²) in [6.45, 7) is 3.83. The molecule has 0 saturated carbocycles. The van der Waals surface area contributed by atoms with Gasteiger partial charge in [-0.1, -0.05) is 29.4 Å². The number of benzene rings is 2. The van der Waals surface area contributed by atoms with Gasteiger partial charge >= 0.3 is 0 Å². The van der Waals surface area contributed by atoms with Crippen LogP contribution >= 0.6 is 23.4 Å². The fourth-order valence-electron chi connectivity index (χ4n) is 3.68. The number of ether oxygens (including phenoxy) is 3. The second-order valence-corrected chi connectivity index (χ2v) is 8.79. The van der Waals surface area contributed by atoms with Crippen LogP contribution in [0.25, 0.3) is 5.69 Å². The van der Waals surface area contributed by atoms with Crippen molar-refractivity contribution in [1.29, 1.82) is 0 Å². The topological polar surface area (TPSA) is 61.6 Å².